The SMILES string of the molecule is CNCC1CCCN(C(=O)NC2CCCC2(C)C(=O)O)C1. The molecule has 21 heavy (non-hydrogen) atoms. The van der Waals surface area contributed by atoms with Gasteiger partial charge in [0, 0.05) is 19.1 Å². The van der Waals surface area contributed by atoms with Crippen LogP contribution >= 0.6 is 0 Å². The zero-order valence-corrected chi connectivity index (χ0v) is 13.0. The molecule has 120 valence electrons. The minimum absolute atomic E-state index is 0.102. The van der Waals surface area contributed by atoms with Crippen LogP contribution < -0.4 is 10.6 Å². The summed E-state index contributed by atoms with van der Waals surface area (Å²) in [5, 5.41) is 15.5. The number of rotatable bonds is 4. The van der Waals surface area contributed by atoms with Crippen molar-refractivity contribution in [2.45, 2.75) is 45.1 Å². The Kier molecular flexibility index (Phi) is 5.08. The molecule has 1 saturated heterocycles. The van der Waals surface area contributed by atoms with Gasteiger partial charge in [0.2, 0.25) is 0 Å². The lowest BCUT2D eigenvalue weighted by molar-refractivity contribution is -0.148. The number of carboxylic acids is 1. The number of nitrogens with one attached hydrogen (secondary N) is 2. The van der Waals surface area contributed by atoms with Crippen LogP contribution in [0.5, 0.6) is 0 Å². The lowest BCUT2D eigenvalue weighted by Gasteiger charge is -2.35. The summed E-state index contributed by atoms with van der Waals surface area (Å²) in [4.78, 5) is 25.7. The third kappa shape index (κ3) is 3.48. The van der Waals surface area contributed by atoms with Gasteiger partial charge in [-0.25, -0.2) is 4.79 Å². The van der Waals surface area contributed by atoms with E-state index < -0.39 is 11.4 Å². The molecule has 2 rings (SSSR count). The fraction of sp³-hybridized carbons (Fsp3) is 0.867. The number of piperidine rings is 1. The minimum atomic E-state index is -0.824. The molecule has 6 nitrogen and oxygen atoms in total. The number of hydrogen-bond donors (Lipinski definition) is 3. The smallest absolute Gasteiger partial charge is 0.317 e. The second-order valence-corrected chi connectivity index (χ2v) is 6.63. The van der Waals surface area contributed by atoms with Crippen LogP contribution in [0.25, 0.3) is 0 Å². The Bertz CT molecular complexity index is 400. The first-order valence-corrected chi connectivity index (χ1v) is 7.91. The van der Waals surface area contributed by atoms with Gasteiger partial charge in [0.1, 0.15) is 0 Å². The molecule has 3 N–H and O–H groups in total. The summed E-state index contributed by atoms with van der Waals surface area (Å²) < 4.78 is 0. The van der Waals surface area contributed by atoms with E-state index in [1.807, 2.05) is 11.9 Å². The normalized spacial score (nSPS) is 33.0. The summed E-state index contributed by atoms with van der Waals surface area (Å²) >= 11 is 0. The predicted octanol–water partition coefficient (Wildman–Crippen LogP) is 1.27. The molecule has 0 spiro atoms. The van der Waals surface area contributed by atoms with Crippen LogP contribution in [0.2, 0.25) is 0 Å². The average Bonchev–Trinajstić information content (AvgIpc) is 2.82. The highest BCUT2D eigenvalue weighted by molar-refractivity contribution is 5.79. The standard InChI is InChI=1S/C15H27N3O3/c1-15(13(19)20)7-3-6-12(15)17-14(21)18-8-4-5-11(10-18)9-16-2/h11-12,16H,3-10H2,1-2H3,(H,17,21)(H,19,20). The molecule has 2 amide bonds. The quantitative estimate of drug-likeness (QED) is 0.730. The topological polar surface area (TPSA) is 81.7 Å². The van der Waals surface area contributed by atoms with E-state index in [1.54, 1.807) is 6.92 Å². The second kappa shape index (κ2) is 6.64. The molecule has 0 aromatic heterocycles. The number of carbonyl (C=O) groups excluding carboxylic acids is 1. The van der Waals surface area contributed by atoms with Crippen molar-refractivity contribution in [2.75, 3.05) is 26.7 Å². The minimum Gasteiger partial charge on any atom is -0.481 e. The van der Waals surface area contributed by atoms with Crippen LogP contribution in [-0.2, 0) is 4.79 Å². The Morgan fingerprint density at radius 2 is 2.10 bits per heavy atom. The van der Waals surface area contributed by atoms with E-state index in [1.165, 1.54) is 0 Å². The van der Waals surface area contributed by atoms with E-state index in [9.17, 15) is 14.7 Å². The van der Waals surface area contributed by atoms with Crippen LogP contribution in [0.1, 0.15) is 39.0 Å². The van der Waals surface area contributed by atoms with Crippen LogP contribution in [0.15, 0.2) is 0 Å². The van der Waals surface area contributed by atoms with Gasteiger partial charge in [-0.3, -0.25) is 4.79 Å². The number of aliphatic carboxylic acids is 1. The molecule has 3 atom stereocenters. The van der Waals surface area contributed by atoms with Crippen molar-refractivity contribution in [3.05, 3.63) is 0 Å². The highest BCUT2D eigenvalue weighted by atomic mass is 16.4. The molecule has 1 aliphatic carbocycles. The monoisotopic (exact) mass is 297 g/mol. The number of carbonyl (C=O) groups is 2. The molecule has 0 radical (unpaired) electrons. The van der Waals surface area contributed by atoms with Crippen LogP contribution in [0.3, 0.4) is 0 Å². The van der Waals surface area contributed by atoms with Gasteiger partial charge in [-0.1, -0.05) is 6.42 Å². The molecule has 0 aromatic rings. The lowest BCUT2D eigenvalue weighted by atomic mass is 9.85. The number of urea groups is 1. The molecule has 3 unspecified atom stereocenters. The summed E-state index contributed by atoms with van der Waals surface area (Å²) in [5.74, 6) is -0.319. The molecular weight excluding hydrogens is 270 g/mol. The zero-order chi connectivity index (χ0) is 15.5. The highest BCUT2D eigenvalue weighted by Crippen LogP contribution is 2.38. The maximum Gasteiger partial charge on any atom is 0.317 e. The molecular formula is C15H27N3O3. The maximum atomic E-state index is 12.4. The van der Waals surface area contributed by atoms with Crippen molar-refractivity contribution in [1.82, 2.24) is 15.5 Å². The van der Waals surface area contributed by atoms with Crippen molar-refractivity contribution >= 4 is 12.0 Å². The Hall–Kier alpha value is -1.30. The zero-order valence-electron chi connectivity index (χ0n) is 13.0. The maximum absolute atomic E-state index is 12.4. The van der Waals surface area contributed by atoms with E-state index >= 15 is 0 Å². The second-order valence-electron chi connectivity index (χ2n) is 6.63. The van der Waals surface area contributed by atoms with Crippen molar-refractivity contribution in [2.24, 2.45) is 11.3 Å². The predicted molar refractivity (Wildman–Crippen MR) is 80.1 cm³/mol. The highest BCUT2D eigenvalue weighted by Gasteiger charge is 2.46. The van der Waals surface area contributed by atoms with Gasteiger partial charge >= 0.3 is 12.0 Å². The fourth-order valence-electron chi connectivity index (χ4n) is 3.60. The molecule has 0 bridgehead atoms. The third-order valence-corrected chi connectivity index (χ3v) is 5.04. The van der Waals surface area contributed by atoms with Crippen LogP contribution in [-0.4, -0.2) is 54.7 Å². The number of likely N-dealkylation sites (tertiary alicyclic amines) is 1. The molecule has 1 aliphatic heterocycles. The molecule has 2 aliphatic rings. The molecule has 1 heterocycles. The van der Waals surface area contributed by atoms with E-state index in [0.717, 1.165) is 45.3 Å². The first-order valence-electron chi connectivity index (χ1n) is 7.91. The van der Waals surface area contributed by atoms with E-state index in [-0.39, 0.29) is 12.1 Å². The van der Waals surface area contributed by atoms with E-state index in [0.29, 0.717) is 12.3 Å². The van der Waals surface area contributed by atoms with E-state index in [2.05, 4.69) is 10.6 Å². The Labute approximate surface area is 126 Å². The van der Waals surface area contributed by atoms with Gasteiger partial charge in [-0.05, 0) is 52.1 Å². The summed E-state index contributed by atoms with van der Waals surface area (Å²) in [7, 11) is 1.93. The number of nitrogens with zero attached hydrogens (tertiary/aromatic N) is 1. The van der Waals surface area contributed by atoms with Crippen molar-refractivity contribution in [3.8, 4) is 0 Å². The number of hydrogen-bond acceptors (Lipinski definition) is 3. The van der Waals surface area contributed by atoms with Crippen molar-refractivity contribution in [1.29, 1.82) is 0 Å². The fourth-order valence-corrected chi connectivity index (χ4v) is 3.60. The molecule has 0 aromatic carbocycles. The lowest BCUT2D eigenvalue weighted by Crippen LogP contribution is -2.53. The Balaban J connectivity index is 1.93. The largest absolute Gasteiger partial charge is 0.481 e. The van der Waals surface area contributed by atoms with E-state index in [4.69, 9.17) is 0 Å². The number of amides is 2. The first-order chi connectivity index (χ1) is 9.97. The Morgan fingerprint density at radius 1 is 1.33 bits per heavy atom. The molecule has 2 fully saturated rings. The molecule has 1 saturated carbocycles. The number of carboxylic acid groups (broad SMARTS) is 1. The molecule has 6 heteroatoms. The average molecular weight is 297 g/mol. The Morgan fingerprint density at radius 3 is 2.76 bits per heavy atom. The van der Waals surface area contributed by atoms with Gasteiger partial charge in [0.25, 0.3) is 0 Å². The van der Waals surface area contributed by atoms with Gasteiger partial charge in [0.15, 0.2) is 0 Å². The van der Waals surface area contributed by atoms with Gasteiger partial charge in [0.05, 0.1) is 5.41 Å². The van der Waals surface area contributed by atoms with Gasteiger partial charge in [-0.15, -0.1) is 0 Å². The van der Waals surface area contributed by atoms with Gasteiger partial charge in [-0.2, -0.15) is 0 Å². The van der Waals surface area contributed by atoms with Crippen LogP contribution in [0.4, 0.5) is 4.79 Å². The summed E-state index contributed by atoms with van der Waals surface area (Å²) in [6, 6.07) is -0.359. The third-order valence-electron chi connectivity index (χ3n) is 5.04. The first kappa shape index (κ1) is 16.1. The summed E-state index contributed by atoms with van der Waals surface area (Å²) in [5.41, 5.74) is -0.824. The van der Waals surface area contributed by atoms with Gasteiger partial charge < -0.3 is 20.6 Å². The van der Waals surface area contributed by atoms with Crippen molar-refractivity contribution < 1.29 is 14.7 Å². The van der Waals surface area contributed by atoms with Crippen molar-refractivity contribution in [3.63, 3.8) is 0 Å². The van der Waals surface area contributed by atoms with Crippen LogP contribution in [0, 0.1) is 11.3 Å². The summed E-state index contributed by atoms with van der Waals surface area (Å²) in [6.45, 7) is 4.18. The summed E-state index contributed by atoms with van der Waals surface area (Å²) in [6.07, 6.45) is 4.40.